The van der Waals surface area contributed by atoms with Crippen molar-refractivity contribution in [3.8, 4) is 0 Å². The summed E-state index contributed by atoms with van der Waals surface area (Å²) in [5.74, 6) is 0.489. The Labute approximate surface area is 160 Å². The van der Waals surface area contributed by atoms with Crippen LogP contribution < -0.4 is 0 Å². The Morgan fingerprint density at radius 1 is 1.23 bits per heavy atom. The molecule has 0 saturated carbocycles. The maximum Gasteiger partial charge on any atom is 0.152 e. The minimum atomic E-state index is -2.91. The van der Waals surface area contributed by atoms with Crippen LogP contribution in [0.15, 0.2) is 29.2 Å². The van der Waals surface area contributed by atoms with Crippen LogP contribution >= 0.6 is 11.8 Å². The van der Waals surface area contributed by atoms with E-state index < -0.39 is 9.84 Å². The summed E-state index contributed by atoms with van der Waals surface area (Å²) in [5, 5.41) is 4.66. The van der Waals surface area contributed by atoms with Crippen molar-refractivity contribution >= 4 is 21.6 Å². The van der Waals surface area contributed by atoms with Crippen LogP contribution in [0, 0.1) is 13.8 Å². The summed E-state index contributed by atoms with van der Waals surface area (Å²) in [6.07, 6.45) is 2.75. The van der Waals surface area contributed by atoms with Gasteiger partial charge in [-0.1, -0.05) is 12.1 Å². The van der Waals surface area contributed by atoms with E-state index in [4.69, 9.17) is 0 Å². The van der Waals surface area contributed by atoms with E-state index in [0.717, 1.165) is 24.5 Å². The highest BCUT2D eigenvalue weighted by Crippen LogP contribution is 2.27. The fraction of sp³-hybridized carbons (Fsp3) is 0.526. The summed E-state index contributed by atoms with van der Waals surface area (Å²) in [4.78, 5) is 3.55. The summed E-state index contributed by atoms with van der Waals surface area (Å²) < 4.78 is 25.5. The van der Waals surface area contributed by atoms with Crippen molar-refractivity contribution in [2.24, 2.45) is 0 Å². The van der Waals surface area contributed by atoms with Gasteiger partial charge in [-0.3, -0.25) is 9.58 Å². The van der Waals surface area contributed by atoms with E-state index in [0.29, 0.717) is 6.42 Å². The molecule has 1 aliphatic heterocycles. The Kier molecular flexibility index (Phi) is 5.79. The standard InChI is InChI=1S/C19H27N3O2S2/c1-14-19(12-21(3)11-16-5-7-18(25-4)8-6-16)15(2)22(20-14)17-9-10-26(23,24)13-17/h5-8,17H,9-13H2,1-4H3/t17-/m0/s1. The number of benzene rings is 1. The predicted octanol–water partition coefficient (Wildman–Crippen LogP) is 3.21. The van der Waals surface area contributed by atoms with Gasteiger partial charge < -0.3 is 0 Å². The lowest BCUT2D eigenvalue weighted by Crippen LogP contribution is -2.18. The van der Waals surface area contributed by atoms with Crippen molar-refractivity contribution in [2.45, 2.75) is 44.3 Å². The molecule has 3 rings (SSSR count). The van der Waals surface area contributed by atoms with Crippen LogP contribution in [-0.2, 0) is 22.9 Å². The highest BCUT2D eigenvalue weighted by atomic mass is 32.2. The maximum absolute atomic E-state index is 11.8. The average molecular weight is 394 g/mol. The normalized spacial score (nSPS) is 19.3. The first-order valence-electron chi connectivity index (χ1n) is 8.85. The van der Waals surface area contributed by atoms with Gasteiger partial charge in [-0.15, -0.1) is 11.8 Å². The minimum Gasteiger partial charge on any atom is -0.298 e. The molecule has 1 atom stereocenters. The highest BCUT2D eigenvalue weighted by molar-refractivity contribution is 7.98. The first-order valence-corrected chi connectivity index (χ1v) is 11.9. The van der Waals surface area contributed by atoms with E-state index >= 15 is 0 Å². The van der Waals surface area contributed by atoms with Gasteiger partial charge in [-0.25, -0.2) is 8.42 Å². The molecule has 1 saturated heterocycles. The third-order valence-corrected chi connectivity index (χ3v) is 7.56. The quantitative estimate of drug-likeness (QED) is 0.706. The molecule has 7 heteroatoms. The zero-order valence-electron chi connectivity index (χ0n) is 15.9. The molecule has 0 radical (unpaired) electrons. The molecule has 1 aromatic heterocycles. The van der Waals surface area contributed by atoms with Crippen LogP contribution in [-0.4, -0.2) is 47.9 Å². The first-order chi connectivity index (χ1) is 12.3. The van der Waals surface area contributed by atoms with E-state index in [-0.39, 0.29) is 17.5 Å². The molecule has 26 heavy (non-hydrogen) atoms. The molecule has 0 aliphatic carbocycles. The van der Waals surface area contributed by atoms with Crippen molar-refractivity contribution in [1.29, 1.82) is 0 Å². The lowest BCUT2D eigenvalue weighted by Gasteiger charge is -2.18. The second-order valence-electron chi connectivity index (χ2n) is 7.17. The maximum atomic E-state index is 11.8. The van der Waals surface area contributed by atoms with Crippen molar-refractivity contribution in [3.05, 3.63) is 46.8 Å². The van der Waals surface area contributed by atoms with Crippen molar-refractivity contribution < 1.29 is 8.42 Å². The van der Waals surface area contributed by atoms with Gasteiger partial charge >= 0.3 is 0 Å². The van der Waals surface area contributed by atoms with Gasteiger partial charge in [0.2, 0.25) is 0 Å². The molecular weight excluding hydrogens is 366 g/mol. The lowest BCUT2D eigenvalue weighted by atomic mass is 10.1. The Morgan fingerprint density at radius 3 is 2.50 bits per heavy atom. The van der Waals surface area contributed by atoms with Gasteiger partial charge in [0.1, 0.15) is 0 Å². The van der Waals surface area contributed by atoms with Gasteiger partial charge in [0.05, 0.1) is 23.2 Å². The molecule has 0 N–H and O–H groups in total. The zero-order valence-corrected chi connectivity index (χ0v) is 17.5. The molecule has 0 amide bonds. The Morgan fingerprint density at radius 2 is 1.92 bits per heavy atom. The van der Waals surface area contributed by atoms with E-state index in [9.17, 15) is 8.42 Å². The van der Waals surface area contributed by atoms with Crippen LogP contribution in [0.4, 0.5) is 0 Å². The van der Waals surface area contributed by atoms with Gasteiger partial charge in [0.15, 0.2) is 9.84 Å². The van der Waals surface area contributed by atoms with Crippen molar-refractivity contribution in [2.75, 3.05) is 24.8 Å². The second-order valence-corrected chi connectivity index (χ2v) is 10.3. The fourth-order valence-electron chi connectivity index (χ4n) is 3.62. The number of rotatable bonds is 6. The molecule has 0 spiro atoms. The lowest BCUT2D eigenvalue weighted by molar-refractivity contribution is 0.317. The number of hydrogen-bond donors (Lipinski definition) is 0. The van der Waals surface area contributed by atoms with Crippen LogP contribution in [0.1, 0.15) is 35.0 Å². The van der Waals surface area contributed by atoms with Crippen molar-refractivity contribution in [3.63, 3.8) is 0 Å². The molecular formula is C19H27N3O2S2. The molecule has 5 nitrogen and oxygen atoms in total. The number of sulfone groups is 1. The summed E-state index contributed by atoms with van der Waals surface area (Å²) in [5.41, 5.74) is 4.58. The number of hydrogen-bond acceptors (Lipinski definition) is 5. The van der Waals surface area contributed by atoms with Gasteiger partial charge in [-0.05, 0) is 51.3 Å². The van der Waals surface area contributed by atoms with E-state index in [1.807, 2.05) is 11.6 Å². The first kappa shape index (κ1) is 19.5. The van der Waals surface area contributed by atoms with E-state index in [2.05, 4.69) is 54.5 Å². The average Bonchev–Trinajstić information content (AvgIpc) is 3.09. The van der Waals surface area contributed by atoms with E-state index in [1.54, 1.807) is 11.8 Å². The minimum absolute atomic E-state index is 0.0168. The number of thioether (sulfide) groups is 1. The van der Waals surface area contributed by atoms with Crippen LogP contribution in [0.25, 0.3) is 0 Å². The topological polar surface area (TPSA) is 55.2 Å². The summed E-state index contributed by atoms with van der Waals surface area (Å²) >= 11 is 1.75. The van der Waals surface area contributed by atoms with Crippen LogP contribution in [0.2, 0.25) is 0 Å². The molecule has 142 valence electrons. The predicted molar refractivity (Wildman–Crippen MR) is 107 cm³/mol. The smallest absolute Gasteiger partial charge is 0.152 e. The number of nitrogens with zero attached hydrogens (tertiary/aromatic N) is 3. The molecule has 2 aromatic rings. The molecule has 0 unspecified atom stereocenters. The van der Waals surface area contributed by atoms with E-state index in [1.165, 1.54) is 16.0 Å². The van der Waals surface area contributed by atoms with Crippen molar-refractivity contribution in [1.82, 2.24) is 14.7 Å². The summed E-state index contributed by atoms with van der Waals surface area (Å²) in [6.45, 7) is 5.75. The third kappa shape index (κ3) is 4.32. The Balaban J connectivity index is 1.71. The zero-order chi connectivity index (χ0) is 18.9. The second kappa shape index (κ2) is 7.74. The molecule has 0 bridgehead atoms. The molecule has 1 aromatic carbocycles. The SMILES string of the molecule is CSc1ccc(CN(C)Cc2c(C)nn([C@H]3CCS(=O)(=O)C3)c2C)cc1. The van der Waals surface area contributed by atoms with Gasteiger partial charge in [0.25, 0.3) is 0 Å². The molecule has 1 fully saturated rings. The highest BCUT2D eigenvalue weighted by Gasteiger charge is 2.31. The Bertz CT molecular complexity index is 873. The monoisotopic (exact) mass is 393 g/mol. The van der Waals surface area contributed by atoms with Crippen LogP contribution in [0.3, 0.4) is 0 Å². The molecule has 1 aliphatic rings. The summed E-state index contributed by atoms with van der Waals surface area (Å²) in [6, 6.07) is 8.65. The number of aryl methyl sites for hydroxylation is 1. The van der Waals surface area contributed by atoms with Gasteiger partial charge in [0, 0.05) is 29.2 Å². The fourth-order valence-corrected chi connectivity index (χ4v) is 5.72. The largest absolute Gasteiger partial charge is 0.298 e. The molecule has 2 heterocycles. The number of aromatic nitrogens is 2. The van der Waals surface area contributed by atoms with Gasteiger partial charge in [-0.2, -0.15) is 5.10 Å². The third-order valence-electron chi connectivity index (χ3n) is 5.07. The summed E-state index contributed by atoms with van der Waals surface area (Å²) in [7, 11) is -0.797. The Hall–Kier alpha value is -1.31. The van der Waals surface area contributed by atoms with Crippen LogP contribution in [0.5, 0.6) is 0 Å².